The molecule has 2 aromatic carbocycles. The summed E-state index contributed by atoms with van der Waals surface area (Å²) in [7, 11) is 4.62. The van der Waals surface area contributed by atoms with Crippen molar-refractivity contribution in [3.05, 3.63) is 65.8 Å². The summed E-state index contributed by atoms with van der Waals surface area (Å²) < 4.78 is 29.7. The number of benzene rings is 2. The van der Waals surface area contributed by atoms with Crippen LogP contribution in [0.3, 0.4) is 0 Å². The molecule has 5 rings (SSSR count). The second-order valence-electron chi connectivity index (χ2n) is 17.5. The van der Waals surface area contributed by atoms with E-state index in [0.717, 1.165) is 11.1 Å². The predicted molar refractivity (Wildman–Crippen MR) is 233 cm³/mol. The number of hydrogen-bond donors (Lipinski definition) is 5. The summed E-state index contributed by atoms with van der Waals surface area (Å²) >= 11 is 0. The Balaban J connectivity index is 1.55. The van der Waals surface area contributed by atoms with E-state index in [1.165, 1.54) is 12.0 Å². The minimum atomic E-state index is -1.82. The molecule has 2 fully saturated rings. The van der Waals surface area contributed by atoms with E-state index in [-0.39, 0.29) is 24.7 Å². The second-order valence-corrected chi connectivity index (χ2v) is 17.5. The monoisotopic (exact) mass is 861 g/mol. The molecule has 3 aliphatic heterocycles. The lowest BCUT2D eigenvalue weighted by atomic mass is 9.83. The summed E-state index contributed by atoms with van der Waals surface area (Å²) in [4.78, 5) is 67.7. The van der Waals surface area contributed by atoms with Crippen molar-refractivity contribution < 1.29 is 52.8 Å². The smallest absolute Gasteiger partial charge is 0.409 e. The standard InChI is InChI=1S/C46H63N5O11/c1-24(2)39(47)42(54)48-28(7)41(53)49-31-17-15-30(16-18-31)38-32-20-29(21-33(38)58-10)19-26(5)13-12-14-35(59-11)46(57)23-34(60-44(56)50-46)27(6)40-45(8,62-40)36(22-37(52)51(32)9)61-43(55)25(3)4/h12-18,20-21,24-25,27-28,34-36,39-40,57H,19,22-23,47H2,1-11H3,(H,48,54)(H,49,53)(H,50,56)/b14-12+,26-13+/t27-,28+,34+,35-,36+,39+,40+,45+,46+/m1/s1. The largest absolute Gasteiger partial charge is 0.496 e. The van der Waals surface area contributed by atoms with Crippen LogP contribution in [0.25, 0.3) is 11.1 Å². The zero-order valence-electron chi connectivity index (χ0n) is 37.6. The molecule has 16 nitrogen and oxygen atoms in total. The van der Waals surface area contributed by atoms with Gasteiger partial charge in [0.25, 0.3) is 0 Å². The highest BCUT2D eigenvalue weighted by atomic mass is 16.7. The molecule has 9 atom stereocenters. The second kappa shape index (κ2) is 19.4. The van der Waals surface area contributed by atoms with Gasteiger partial charge in [0.05, 0.1) is 37.3 Å². The molecule has 0 aromatic heterocycles. The van der Waals surface area contributed by atoms with Crippen LogP contribution in [0.5, 0.6) is 5.75 Å². The number of fused-ring (bicyclic) bond motifs is 5. The van der Waals surface area contributed by atoms with E-state index in [1.54, 1.807) is 78.3 Å². The highest BCUT2D eigenvalue weighted by Crippen LogP contribution is 2.49. The van der Waals surface area contributed by atoms with Crippen molar-refractivity contribution in [2.24, 2.45) is 23.5 Å². The summed E-state index contributed by atoms with van der Waals surface area (Å²) in [5.41, 5.74) is 6.97. The highest BCUT2D eigenvalue weighted by Gasteiger charge is 2.64. The van der Waals surface area contributed by atoms with Crippen LogP contribution >= 0.6 is 0 Å². The van der Waals surface area contributed by atoms with Gasteiger partial charge in [0.15, 0.2) is 5.72 Å². The Bertz CT molecular complexity index is 2070. The molecule has 0 aliphatic carbocycles. The molecule has 2 aromatic rings. The van der Waals surface area contributed by atoms with E-state index in [2.05, 4.69) is 16.0 Å². The van der Waals surface area contributed by atoms with Gasteiger partial charge in [-0.25, -0.2) is 4.79 Å². The molecular weight excluding hydrogens is 799 g/mol. The number of amides is 4. The molecule has 4 bridgehead atoms. The summed E-state index contributed by atoms with van der Waals surface area (Å²) in [6.45, 7) is 14.1. The van der Waals surface area contributed by atoms with Crippen LogP contribution in [0, 0.1) is 17.8 Å². The van der Waals surface area contributed by atoms with Gasteiger partial charge in [-0.3, -0.25) is 24.5 Å². The Labute approximate surface area is 363 Å². The Morgan fingerprint density at radius 1 is 1.05 bits per heavy atom. The Hall–Kier alpha value is -5.29. The van der Waals surface area contributed by atoms with Gasteiger partial charge in [-0.2, -0.15) is 0 Å². The first-order valence-corrected chi connectivity index (χ1v) is 21.0. The van der Waals surface area contributed by atoms with Gasteiger partial charge >= 0.3 is 12.1 Å². The van der Waals surface area contributed by atoms with E-state index >= 15 is 0 Å². The molecule has 3 heterocycles. The average molecular weight is 862 g/mol. The normalized spacial score (nSPS) is 28.9. The first kappa shape index (κ1) is 47.8. The number of carbonyl (C=O) groups is 5. The minimum absolute atomic E-state index is 0.0355. The summed E-state index contributed by atoms with van der Waals surface area (Å²) in [6.07, 6.45) is 1.18. The first-order valence-electron chi connectivity index (χ1n) is 21.0. The van der Waals surface area contributed by atoms with Crippen molar-refractivity contribution in [1.29, 1.82) is 0 Å². The number of nitrogens with two attached hydrogens (primary N) is 1. The number of nitrogens with one attached hydrogen (secondary N) is 3. The fourth-order valence-electron chi connectivity index (χ4n) is 7.87. The van der Waals surface area contributed by atoms with E-state index in [4.69, 9.17) is 29.4 Å². The molecular formula is C46H63N5O11. The van der Waals surface area contributed by atoms with Gasteiger partial charge in [0, 0.05) is 37.7 Å². The number of alkyl carbamates (subject to hydrolysis) is 1. The number of hydrogen-bond acceptors (Lipinski definition) is 12. The zero-order valence-corrected chi connectivity index (χ0v) is 37.6. The van der Waals surface area contributed by atoms with Gasteiger partial charge in [-0.05, 0) is 68.5 Å². The number of carbonyl (C=O) groups excluding carboxylic acids is 5. The van der Waals surface area contributed by atoms with Crippen LogP contribution < -0.4 is 31.3 Å². The van der Waals surface area contributed by atoms with Crippen LogP contribution in [0.2, 0.25) is 0 Å². The number of epoxide rings is 1. The number of ether oxygens (including phenoxy) is 5. The maximum absolute atomic E-state index is 14.6. The molecule has 0 radical (unpaired) electrons. The molecule has 4 amide bonds. The average Bonchev–Trinajstić information content (AvgIpc) is 3.92. The lowest BCUT2D eigenvalue weighted by Gasteiger charge is -2.42. The van der Waals surface area contributed by atoms with Gasteiger partial charge in [-0.15, -0.1) is 0 Å². The fourth-order valence-corrected chi connectivity index (χ4v) is 7.87. The quantitative estimate of drug-likeness (QED) is 0.161. The fraction of sp³-hybridized carbons (Fsp3) is 0.543. The summed E-state index contributed by atoms with van der Waals surface area (Å²) in [5, 5.41) is 19.8. The Kier molecular flexibility index (Phi) is 14.9. The SMILES string of the molecule is COc1cc2cc(c1-c1ccc(NC(=O)[C@H](C)NC(=O)[C@@H](N)C(C)C)cc1)N(C)C(=O)C[C@H](OC(=O)C(C)C)[C@]1(C)O[C@H]1[C@H](C)[C@@H]1C[C@@](O)(NC(=O)O1)[C@H](OC)/C=C/C=C(\C)C2. The molecule has 3 aliphatic rings. The highest BCUT2D eigenvalue weighted by molar-refractivity contribution is 6.00. The minimum Gasteiger partial charge on any atom is -0.496 e. The third-order valence-corrected chi connectivity index (χ3v) is 12.0. The molecule has 0 spiro atoms. The zero-order chi connectivity index (χ0) is 45.8. The number of rotatable bonds is 10. The summed E-state index contributed by atoms with van der Waals surface area (Å²) in [5.74, 6) is -2.37. The number of nitrogens with zero attached hydrogens (tertiary/aromatic N) is 1. The Morgan fingerprint density at radius 3 is 2.34 bits per heavy atom. The van der Waals surface area contributed by atoms with Crippen LogP contribution in [-0.2, 0) is 44.5 Å². The molecule has 0 unspecified atom stereocenters. The maximum atomic E-state index is 14.6. The molecule has 6 N–H and O–H groups in total. The molecule has 338 valence electrons. The van der Waals surface area contributed by atoms with Gasteiger partial charge in [0.1, 0.15) is 35.7 Å². The van der Waals surface area contributed by atoms with Crippen molar-refractivity contribution in [3.8, 4) is 16.9 Å². The van der Waals surface area contributed by atoms with E-state index < -0.39 is 83.5 Å². The van der Waals surface area contributed by atoms with Crippen molar-refractivity contribution in [2.45, 2.75) is 122 Å². The van der Waals surface area contributed by atoms with Gasteiger partial charge < -0.3 is 50.1 Å². The number of aliphatic hydroxyl groups is 1. The number of esters is 1. The van der Waals surface area contributed by atoms with Crippen LogP contribution in [0.1, 0.15) is 73.8 Å². The van der Waals surface area contributed by atoms with E-state index in [0.29, 0.717) is 34.7 Å². The molecule has 62 heavy (non-hydrogen) atoms. The van der Waals surface area contributed by atoms with E-state index in [1.807, 2.05) is 45.9 Å². The number of methoxy groups -OCH3 is 2. The Morgan fingerprint density at radius 2 is 1.73 bits per heavy atom. The van der Waals surface area contributed by atoms with Gasteiger partial charge in [0.2, 0.25) is 17.7 Å². The van der Waals surface area contributed by atoms with E-state index in [9.17, 15) is 29.1 Å². The number of allylic oxidation sites excluding steroid dienone is 3. The third kappa shape index (κ3) is 10.7. The van der Waals surface area contributed by atoms with Crippen LogP contribution in [0.4, 0.5) is 16.2 Å². The topological polar surface area (TPSA) is 220 Å². The molecule has 0 saturated carbocycles. The maximum Gasteiger partial charge on any atom is 0.409 e. The lowest BCUT2D eigenvalue weighted by molar-refractivity contribution is -0.157. The van der Waals surface area contributed by atoms with Gasteiger partial charge in [-0.1, -0.05) is 70.6 Å². The first-order chi connectivity index (χ1) is 29.1. The van der Waals surface area contributed by atoms with Crippen molar-refractivity contribution in [3.63, 3.8) is 0 Å². The lowest BCUT2D eigenvalue weighted by Crippen LogP contribution is -2.63. The molecule has 16 heteroatoms. The predicted octanol–water partition coefficient (Wildman–Crippen LogP) is 4.76. The third-order valence-electron chi connectivity index (χ3n) is 12.0. The summed E-state index contributed by atoms with van der Waals surface area (Å²) in [6, 6.07) is 9.20. The van der Waals surface area contributed by atoms with Crippen molar-refractivity contribution in [1.82, 2.24) is 10.6 Å². The van der Waals surface area contributed by atoms with Crippen LogP contribution in [0.15, 0.2) is 60.2 Å². The molecule has 2 saturated heterocycles. The van der Waals surface area contributed by atoms with Crippen LogP contribution in [-0.4, -0.2) is 104 Å². The van der Waals surface area contributed by atoms with Crippen molar-refractivity contribution in [2.75, 3.05) is 31.5 Å². The van der Waals surface area contributed by atoms with Crippen molar-refractivity contribution >= 4 is 41.2 Å². The number of anilines is 2.